The molecule has 1 fully saturated rings. The minimum Gasteiger partial charge on any atom is -0.496 e. The van der Waals surface area contributed by atoms with Crippen LogP contribution in [0.15, 0.2) is 47.2 Å². The number of carbonyl (C=O) groups is 1. The lowest BCUT2D eigenvalue weighted by atomic mass is 10.1. The molecule has 0 radical (unpaired) electrons. The molecule has 0 aliphatic carbocycles. The number of aromatic nitrogens is 5. The summed E-state index contributed by atoms with van der Waals surface area (Å²) in [7, 11) is 1.56. The molecule has 186 valence electrons. The normalized spacial score (nSPS) is 15.3. The van der Waals surface area contributed by atoms with Crippen LogP contribution < -0.4 is 9.47 Å². The maximum Gasteiger partial charge on any atom is 0.261 e. The molecule has 11 heteroatoms. The van der Waals surface area contributed by atoms with E-state index in [2.05, 4.69) is 20.3 Å². The first kappa shape index (κ1) is 23.5. The Morgan fingerprint density at radius 2 is 2.06 bits per heavy atom. The van der Waals surface area contributed by atoms with Crippen LogP contribution in [0.3, 0.4) is 0 Å². The number of amides is 1. The number of benzene rings is 2. The average Bonchev–Trinajstić information content (AvgIpc) is 3.66. The van der Waals surface area contributed by atoms with Gasteiger partial charge in [0.1, 0.15) is 5.75 Å². The predicted molar refractivity (Wildman–Crippen MR) is 127 cm³/mol. The number of carbonyl (C=O) groups excluding carboxylic acids is 1. The minimum atomic E-state index is -0.514. The van der Waals surface area contributed by atoms with Gasteiger partial charge >= 0.3 is 0 Å². The number of rotatable bonds is 7. The Kier molecular flexibility index (Phi) is 6.36. The van der Waals surface area contributed by atoms with E-state index in [4.69, 9.17) is 14.0 Å². The van der Waals surface area contributed by atoms with E-state index in [1.54, 1.807) is 49.5 Å². The highest BCUT2D eigenvalue weighted by Gasteiger charge is 2.36. The third-order valence-electron chi connectivity index (χ3n) is 6.12. The third-order valence-corrected chi connectivity index (χ3v) is 6.12. The highest BCUT2D eigenvalue weighted by Crippen LogP contribution is 2.37. The number of likely N-dealkylation sites (tertiary alicyclic amines) is 1. The number of methoxy groups -OCH3 is 1. The second-order valence-corrected chi connectivity index (χ2v) is 8.32. The van der Waals surface area contributed by atoms with Crippen LogP contribution in [0.4, 0.5) is 4.39 Å². The summed E-state index contributed by atoms with van der Waals surface area (Å²) in [4.78, 5) is 21.5. The fourth-order valence-corrected chi connectivity index (χ4v) is 4.45. The van der Waals surface area contributed by atoms with Gasteiger partial charge in [-0.3, -0.25) is 4.79 Å². The van der Waals surface area contributed by atoms with Crippen molar-refractivity contribution < 1.29 is 23.2 Å². The monoisotopic (exact) mass is 492 g/mol. The second kappa shape index (κ2) is 9.76. The predicted octanol–water partition coefficient (Wildman–Crippen LogP) is 4.15. The van der Waals surface area contributed by atoms with Gasteiger partial charge in [-0.05, 0) is 56.5 Å². The first-order valence-electron chi connectivity index (χ1n) is 11.6. The molecular formula is C25H25FN6O4. The number of halogens is 1. The summed E-state index contributed by atoms with van der Waals surface area (Å²) in [5, 5.41) is 12.6. The van der Waals surface area contributed by atoms with Crippen LogP contribution in [0.5, 0.6) is 11.5 Å². The highest BCUT2D eigenvalue weighted by atomic mass is 19.1. The van der Waals surface area contributed by atoms with Gasteiger partial charge < -0.3 is 18.9 Å². The summed E-state index contributed by atoms with van der Waals surface area (Å²) in [5.74, 6) is 0.375. The molecule has 1 aliphatic rings. The molecule has 1 atom stereocenters. The van der Waals surface area contributed by atoms with Crippen molar-refractivity contribution in [2.24, 2.45) is 0 Å². The average molecular weight is 493 g/mol. The smallest absolute Gasteiger partial charge is 0.261 e. The van der Waals surface area contributed by atoms with Crippen molar-refractivity contribution in [3.63, 3.8) is 0 Å². The lowest BCUT2D eigenvalue weighted by Gasteiger charge is -2.24. The van der Waals surface area contributed by atoms with E-state index in [0.717, 1.165) is 12.0 Å². The molecule has 3 heterocycles. The van der Waals surface area contributed by atoms with E-state index in [-0.39, 0.29) is 24.2 Å². The summed E-state index contributed by atoms with van der Waals surface area (Å²) in [6, 6.07) is 7.63. The van der Waals surface area contributed by atoms with Crippen molar-refractivity contribution in [3.05, 3.63) is 65.5 Å². The third kappa shape index (κ3) is 4.16. The molecular weight excluding hydrogens is 467 g/mol. The van der Waals surface area contributed by atoms with Gasteiger partial charge in [-0.2, -0.15) is 20.0 Å². The van der Waals surface area contributed by atoms with Crippen LogP contribution >= 0.6 is 0 Å². The standard InChI is InChI=1S/C25H25FN6O4/c1-4-35-22-16(7-5-8-18(22)26)24-29-23(30-36-24)19-9-6-12-31(19)25(33)17-14-21(34-3)15(2)13-20(17)32-27-10-11-28-32/h5,7-8,10-11,13-14,19H,4,6,9,12H2,1-3H3. The van der Waals surface area contributed by atoms with E-state index in [9.17, 15) is 9.18 Å². The zero-order valence-electron chi connectivity index (χ0n) is 20.1. The molecule has 1 amide bonds. The fraction of sp³-hybridized carbons (Fsp3) is 0.320. The number of hydrogen-bond acceptors (Lipinski definition) is 8. The molecule has 1 aliphatic heterocycles. The summed E-state index contributed by atoms with van der Waals surface area (Å²) >= 11 is 0. The van der Waals surface area contributed by atoms with Gasteiger partial charge in [-0.25, -0.2) is 4.39 Å². The second-order valence-electron chi connectivity index (χ2n) is 8.32. The van der Waals surface area contributed by atoms with Gasteiger partial charge in [0.15, 0.2) is 17.4 Å². The molecule has 4 aromatic rings. The Morgan fingerprint density at radius 3 is 2.81 bits per heavy atom. The largest absolute Gasteiger partial charge is 0.496 e. The number of nitrogens with zero attached hydrogens (tertiary/aromatic N) is 6. The van der Waals surface area contributed by atoms with Crippen molar-refractivity contribution in [2.45, 2.75) is 32.7 Å². The summed E-state index contributed by atoms with van der Waals surface area (Å²) in [6.45, 7) is 4.46. The number of hydrogen-bond donors (Lipinski definition) is 0. The van der Waals surface area contributed by atoms with Gasteiger partial charge in [0.05, 0.1) is 49.0 Å². The molecule has 0 spiro atoms. The topological polar surface area (TPSA) is 108 Å². The van der Waals surface area contributed by atoms with Crippen LogP contribution in [-0.4, -0.2) is 56.2 Å². The van der Waals surface area contributed by atoms with Gasteiger partial charge in [-0.15, -0.1) is 0 Å². The first-order valence-corrected chi connectivity index (χ1v) is 11.6. The van der Waals surface area contributed by atoms with Crippen LogP contribution in [0, 0.1) is 12.7 Å². The van der Waals surface area contributed by atoms with E-state index < -0.39 is 11.9 Å². The fourth-order valence-electron chi connectivity index (χ4n) is 4.45. The molecule has 5 rings (SSSR count). The van der Waals surface area contributed by atoms with E-state index in [0.29, 0.717) is 41.4 Å². The number of para-hydroxylation sites is 1. The molecule has 1 saturated heterocycles. The van der Waals surface area contributed by atoms with Gasteiger partial charge in [0.25, 0.3) is 11.8 Å². The molecule has 10 nitrogen and oxygen atoms in total. The van der Waals surface area contributed by atoms with Crippen LogP contribution in [0.2, 0.25) is 0 Å². The Labute approximate surface area is 206 Å². The SMILES string of the molecule is CCOc1c(F)cccc1-c1nc(C2CCCN2C(=O)c2cc(OC)c(C)cc2-n2nccn2)no1. The summed E-state index contributed by atoms with van der Waals surface area (Å²) in [6.07, 6.45) is 4.53. The zero-order valence-corrected chi connectivity index (χ0v) is 20.1. The quantitative estimate of drug-likeness (QED) is 0.379. The lowest BCUT2D eigenvalue weighted by Crippen LogP contribution is -2.32. The molecule has 2 aromatic carbocycles. The van der Waals surface area contributed by atoms with E-state index in [1.165, 1.54) is 10.9 Å². The van der Waals surface area contributed by atoms with Gasteiger partial charge in [0, 0.05) is 6.54 Å². The van der Waals surface area contributed by atoms with Crippen molar-refractivity contribution in [1.29, 1.82) is 0 Å². The van der Waals surface area contributed by atoms with Crippen molar-refractivity contribution >= 4 is 5.91 Å². The molecule has 2 aromatic heterocycles. The molecule has 0 N–H and O–H groups in total. The minimum absolute atomic E-state index is 0.0534. The van der Waals surface area contributed by atoms with Gasteiger partial charge in [0.2, 0.25) is 0 Å². The first-order chi connectivity index (χ1) is 17.5. The maximum atomic E-state index is 14.3. The van der Waals surface area contributed by atoms with Gasteiger partial charge in [-0.1, -0.05) is 11.2 Å². The summed E-state index contributed by atoms with van der Waals surface area (Å²) in [5.41, 5.74) is 2.15. The molecule has 0 saturated carbocycles. The number of aryl methyl sites for hydroxylation is 1. The maximum absolute atomic E-state index is 14.3. The Bertz CT molecular complexity index is 1390. The van der Waals surface area contributed by atoms with E-state index in [1.807, 2.05) is 13.0 Å². The molecule has 36 heavy (non-hydrogen) atoms. The van der Waals surface area contributed by atoms with Crippen LogP contribution in [0.1, 0.15) is 47.6 Å². The summed E-state index contributed by atoms with van der Waals surface area (Å²) < 4.78 is 30.8. The van der Waals surface area contributed by atoms with Crippen LogP contribution in [-0.2, 0) is 0 Å². The van der Waals surface area contributed by atoms with Crippen molar-refractivity contribution in [1.82, 2.24) is 30.0 Å². The van der Waals surface area contributed by atoms with Crippen molar-refractivity contribution in [2.75, 3.05) is 20.3 Å². The van der Waals surface area contributed by atoms with Crippen LogP contribution in [0.25, 0.3) is 17.1 Å². The highest BCUT2D eigenvalue weighted by molar-refractivity contribution is 5.98. The number of ether oxygens (including phenoxy) is 2. The van der Waals surface area contributed by atoms with Crippen molar-refractivity contribution in [3.8, 4) is 28.6 Å². The lowest BCUT2D eigenvalue weighted by molar-refractivity contribution is 0.0727. The van der Waals surface area contributed by atoms with E-state index >= 15 is 0 Å². The molecule has 1 unspecified atom stereocenters. The molecule has 0 bridgehead atoms. The Morgan fingerprint density at radius 1 is 1.25 bits per heavy atom. The Balaban J connectivity index is 1.49. The zero-order chi connectivity index (χ0) is 25.2. The Hall–Kier alpha value is -4.28.